The number of amides is 1. The number of carbonyl (C=O) groups is 1. The van der Waals surface area contributed by atoms with E-state index in [0.29, 0.717) is 12.2 Å². The number of rotatable bonds is 6. The summed E-state index contributed by atoms with van der Waals surface area (Å²) in [6.07, 6.45) is 2.22. The molecule has 1 rings (SSSR count). The van der Waals surface area contributed by atoms with Crippen molar-refractivity contribution in [3.05, 3.63) is 46.5 Å². The van der Waals surface area contributed by atoms with Crippen molar-refractivity contribution < 1.29 is 14.8 Å². The zero-order valence-corrected chi connectivity index (χ0v) is 9.50. The Hall–Kier alpha value is -2.57. The maximum Gasteiger partial charge on any atom is 0.404 e. The quantitative estimate of drug-likeness (QED) is 0.406. The topological polar surface area (TPSA) is 104 Å². The van der Waals surface area contributed by atoms with Crippen molar-refractivity contribution in [2.45, 2.75) is 0 Å². The number of nitro groups is 1. The molecule has 96 valence electrons. The monoisotopic (exact) mass is 251 g/mol. The average molecular weight is 251 g/mol. The van der Waals surface area contributed by atoms with E-state index in [9.17, 15) is 14.9 Å². The summed E-state index contributed by atoms with van der Waals surface area (Å²) in [6, 6.07) is 6.32. The molecule has 0 aromatic heterocycles. The van der Waals surface area contributed by atoms with E-state index in [-0.39, 0.29) is 12.2 Å². The Balaban J connectivity index is 2.44. The first-order valence-electron chi connectivity index (χ1n) is 5.20. The van der Waals surface area contributed by atoms with Crippen LogP contribution in [-0.4, -0.2) is 29.2 Å². The highest BCUT2D eigenvalue weighted by Gasteiger charge is 2.10. The maximum atomic E-state index is 10.7. The molecule has 18 heavy (non-hydrogen) atoms. The van der Waals surface area contributed by atoms with Gasteiger partial charge >= 0.3 is 6.09 Å². The van der Waals surface area contributed by atoms with E-state index in [1.54, 1.807) is 30.4 Å². The Labute approximate surface area is 103 Å². The Morgan fingerprint density at radius 1 is 1.33 bits per heavy atom. The Morgan fingerprint density at radius 3 is 2.67 bits per heavy atom. The molecule has 0 atom stereocenters. The molecule has 0 fully saturated rings. The molecule has 3 N–H and O–H groups in total. The van der Waals surface area contributed by atoms with Crippen molar-refractivity contribution in [2.24, 2.45) is 0 Å². The highest BCUT2D eigenvalue weighted by atomic mass is 16.6. The fourth-order valence-electron chi connectivity index (χ4n) is 1.26. The molecule has 0 spiro atoms. The van der Waals surface area contributed by atoms with Gasteiger partial charge in [0.25, 0.3) is 5.69 Å². The standard InChI is InChI=1S/C11H13N3O4/c15-11(16)13-8-4-3-7-12-9-5-1-2-6-10(9)14(17)18/h1-6,12-13H,7-8H2,(H,15,16). The number of nitro benzene ring substituents is 1. The number of anilines is 1. The summed E-state index contributed by atoms with van der Waals surface area (Å²) in [5.41, 5.74) is 0.438. The first kappa shape index (κ1) is 13.5. The van der Waals surface area contributed by atoms with Gasteiger partial charge < -0.3 is 15.7 Å². The highest BCUT2D eigenvalue weighted by molar-refractivity contribution is 5.64. The minimum Gasteiger partial charge on any atom is -0.465 e. The number of carboxylic acid groups (broad SMARTS) is 1. The second-order valence-electron chi connectivity index (χ2n) is 3.31. The molecule has 0 saturated heterocycles. The molecule has 0 radical (unpaired) electrons. The van der Waals surface area contributed by atoms with Crippen LogP contribution in [0.1, 0.15) is 0 Å². The largest absolute Gasteiger partial charge is 0.465 e. The molecule has 0 aliphatic heterocycles. The third kappa shape index (κ3) is 4.52. The molecule has 0 saturated carbocycles. The van der Waals surface area contributed by atoms with Crippen LogP contribution < -0.4 is 10.6 Å². The molecule has 1 aromatic carbocycles. The van der Waals surface area contributed by atoms with Gasteiger partial charge in [-0.15, -0.1) is 0 Å². The molecular formula is C11H13N3O4. The predicted molar refractivity (Wildman–Crippen MR) is 66.8 cm³/mol. The van der Waals surface area contributed by atoms with Gasteiger partial charge in [0.15, 0.2) is 0 Å². The molecule has 0 aliphatic carbocycles. The SMILES string of the molecule is O=C(O)NCC=CCNc1ccccc1[N+](=O)[O-]. The molecule has 7 heteroatoms. The Morgan fingerprint density at radius 2 is 2.00 bits per heavy atom. The third-order valence-electron chi connectivity index (χ3n) is 2.05. The zero-order chi connectivity index (χ0) is 13.4. The first-order chi connectivity index (χ1) is 8.61. The van der Waals surface area contributed by atoms with E-state index in [2.05, 4.69) is 10.6 Å². The molecule has 0 unspecified atom stereocenters. The van der Waals surface area contributed by atoms with Gasteiger partial charge in [0, 0.05) is 19.2 Å². The average Bonchev–Trinajstić information content (AvgIpc) is 2.33. The van der Waals surface area contributed by atoms with Crippen molar-refractivity contribution in [3.8, 4) is 0 Å². The number of nitrogens with zero attached hydrogens (tertiary/aromatic N) is 1. The van der Waals surface area contributed by atoms with E-state index < -0.39 is 11.0 Å². The smallest absolute Gasteiger partial charge is 0.404 e. The van der Waals surface area contributed by atoms with Gasteiger partial charge in [0.1, 0.15) is 5.69 Å². The molecule has 1 amide bonds. The second-order valence-corrected chi connectivity index (χ2v) is 3.31. The van der Waals surface area contributed by atoms with Gasteiger partial charge in [-0.2, -0.15) is 0 Å². The van der Waals surface area contributed by atoms with E-state index in [0.717, 1.165) is 0 Å². The molecule has 1 aromatic rings. The Kier molecular flexibility index (Phi) is 5.17. The summed E-state index contributed by atoms with van der Waals surface area (Å²) in [7, 11) is 0. The minimum absolute atomic E-state index is 0.00885. The summed E-state index contributed by atoms with van der Waals surface area (Å²) in [6.45, 7) is 0.583. The van der Waals surface area contributed by atoms with Gasteiger partial charge in [-0.3, -0.25) is 10.1 Å². The summed E-state index contributed by atoms with van der Waals surface area (Å²) < 4.78 is 0. The van der Waals surface area contributed by atoms with Crippen LogP contribution in [0.25, 0.3) is 0 Å². The maximum absolute atomic E-state index is 10.7. The normalized spacial score (nSPS) is 10.2. The van der Waals surface area contributed by atoms with Gasteiger partial charge in [0.2, 0.25) is 0 Å². The van der Waals surface area contributed by atoms with Crippen LogP contribution in [0.2, 0.25) is 0 Å². The molecule has 0 bridgehead atoms. The van der Waals surface area contributed by atoms with Gasteiger partial charge in [0.05, 0.1) is 4.92 Å². The number of para-hydroxylation sites is 2. The van der Waals surface area contributed by atoms with Gasteiger partial charge in [-0.05, 0) is 6.07 Å². The lowest BCUT2D eigenvalue weighted by molar-refractivity contribution is -0.383. The summed E-state index contributed by atoms with van der Waals surface area (Å²) in [5.74, 6) is 0. The van der Waals surface area contributed by atoms with Crippen molar-refractivity contribution in [3.63, 3.8) is 0 Å². The number of hydrogen-bond donors (Lipinski definition) is 3. The first-order valence-corrected chi connectivity index (χ1v) is 5.20. The fraction of sp³-hybridized carbons (Fsp3) is 0.182. The summed E-state index contributed by atoms with van der Waals surface area (Å²) in [5, 5.41) is 24.1. The van der Waals surface area contributed by atoms with Gasteiger partial charge in [-0.1, -0.05) is 24.3 Å². The van der Waals surface area contributed by atoms with Crippen molar-refractivity contribution in [1.29, 1.82) is 0 Å². The lowest BCUT2D eigenvalue weighted by Gasteiger charge is -2.03. The number of benzene rings is 1. The van der Waals surface area contributed by atoms with E-state index >= 15 is 0 Å². The molecule has 7 nitrogen and oxygen atoms in total. The molecule has 0 heterocycles. The van der Waals surface area contributed by atoms with Crippen LogP contribution >= 0.6 is 0 Å². The zero-order valence-electron chi connectivity index (χ0n) is 9.50. The Bertz CT molecular complexity index is 459. The van der Waals surface area contributed by atoms with Crippen LogP contribution in [0.15, 0.2) is 36.4 Å². The highest BCUT2D eigenvalue weighted by Crippen LogP contribution is 2.22. The van der Waals surface area contributed by atoms with Crippen LogP contribution in [0.5, 0.6) is 0 Å². The van der Waals surface area contributed by atoms with E-state index in [4.69, 9.17) is 5.11 Å². The van der Waals surface area contributed by atoms with Crippen molar-refractivity contribution in [1.82, 2.24) is 5.32 Å². The van der Waals surface area contributed by atoms with E-state index in [1.807, 2.05) is 0 Å². The van der Waals surface area contributed by atoms with Crippen molar-refractivity contribution in [2.75, 3.05) is 18.4 Å². The fourth-order valence-corrected chi connectivity index (χ4v) is 1.26. The van der Waals surface area contributed by atoms with E-state index in [1.165, 1.54) is 6.07 Å². The van der Waals surface area contributed by atoms with Crippen LogP contribution in [0.3, 0.4) is 0 Å². The number of hydrogen-bond acceptors (Lipinski definition) is 4. The van der Waals surface area contributed by atoms with Crippen molar-refractivity contribution >= 4 is 17.5 Å². The van der Waals surface area contributed by atoms with Crippen LogP contribution in [0.4, 0.5) is 16.2 Å². The predicted octanol–water partition coefficient (Wildman–Crippen LogP) is 1.83. The molecular weight excluding hydrogens is 238 g/mol. The van der Waals surface area contributed by atoms with Crippen LogP contribution in [-0.2, 0) is 0 Å². The third-order valence-corrected chi connectivity index (χ3v) is 2.05. The van der Waals surface area contributed by atoms with Gasteiger partial charge in [-0.25, -0.2) is 4.79 Å². The lowest BCUT2D eigenvalue weighted by atomic mass is 10.2. The summed E-state index contributed by atoms with van der Waals surface area (Å²) in [4.78, 5) is 20.4. The lowest BCUT2D eigenvalue weighted by Crippen LogP contribution is -2.20. The molecule has 0 aliphatic rings. The second kappa shape index (κ2) is 6.89. The van der Waals surface area contributed by atoms with Crippen LogP contribution in [0, 0.1) is 10.1 Å². The minimum atomic E-state index is -1.09. The summed E-state index contributed by atoms with van der Waals surface area (Å²) >= 11 is 0. The number of nitrogens with one attached hydrogen (secondary N) is 2.